The lowest BCUT2D eigenvalue weighted by Gasteiger charge is -1.99. The number of phenols is 1. The molecule has 0 aliphatic rings. The number of benzene rings is 1. The van der Waals surface area contributed by atoms with Crippen molar-refractivity contribution in [1.29, 1.82) is 1.43 Å². The summed E-state index contributed by atoms with van der Waals surface area (Å²) in [6, 6.07) is 5.56. The Morgan fingerprint density at radius 2 is 2.33 bits per heavy atom. The standard InChI is InChI=1S/C9H10O3/c1-12-9(11)6-7-2-4-8(10)5-3-7/h2-5,10H,6H2,1H3/i6D2/hD. The molecule has 0 aromatic heterocycles. The van der Waals surface area contributed by atoms with E-state index in [2.05, 4.69) is 9.85 Å². The van der Waals surface area contributed by atoms with E-state index in [9.17, 15) is 4.79 Å². The topological polar surface area (TPSA) is 46.5 Å². The average Bonchev–Trinajstić information content (AvgIpc) is 2.28. The zero-order valence-corrected chi connectivity index (χ0v) is 6.53. The van der Waals surface area contributed by atoms with Crippen LogP contribution in [-0.2, 0) is 15.9 Å². The van der Waals surface area contributed by atoms with E-state index < -0.39 is 12.3 Å². The maximum Gasteiger partial charge on any atom is 0.309 e. The number of rotatable bonds is 3. The molecule has 0 bridgehead atoms. The molecule has 0 unspecified atom stereocenters. The molecular weight excluding hydrogens is 156 g/mol. The van der Waals surface area contributed by atoms with Gasteiger partial charge in [-0.25, -0.2) is 0 Å². The SMILES string of the molecule is [2H]Oc1ccc(C([2H])([2H])C(=O)OC)cc1. The van der Waals surface area contributed by atoms with Gasteiger partial charge in [0.25, 0.3) is 1.43 Å². The van der Waals surface area contributed by atoms with Gasteiger partial charge < -0.3 is 9.85 Å². The molecule has 3 nitrogen and oxygen atoms in total. The molecule has 0 fully saturated rings. The highest BCUT2D eigenvalue weighted by Gasteiger charge is 2.01. The second-order valence-electron chi connectivity index (χ2n) is 2.14. The van der Waals surface area contributed by atoms with E-state index in [1.807, 2.05) is 0 Å². The summed E-state index contributed by atoms with van der Waals surface area (Å²) < 4.78 is 26.0. The molecule has 0 saturated carbocycles. The fourth-order valence-electron chi connectivity index (χ4n) is 0.707. The van der Waals surface area contributed by atoms with Gasteiger partial charge in [-0.3, -0.25) is 4.79 Å². The molecule has 1 rings (SSSR count). The summed E-state index contributed by atoms with van der Waals surface area (Å²) in [6.07, 6.45) is -2.19. The van der Waals surface area contributed by atoms with Crippen molar-refractivity contribution in [2.45, 2.75) is 6.37 Å². The molecular formula is C9H10O3. The lowest BCUT2D eigenvalue weighted by Crippen LogP contribution is -2.03. The molecule has 0 aliphatic carbocycles. The van der Waals surface area contributed by atoms with Crippen LogP contribution in [0.2, 0.25) is 0 Å². The van der Waals surface area contributed by atoms with E-state index >= 15 is 0 Å². The summed E-state index contributed by atoms with van der Waals surface area (Å²) in [5.41, 5.74) is 0.162. The van der Waals surface area contributed by atoms with Gasteiger partial charge in [-0.1, -0.05) is 12.1 Å². The zero-order valence-electron chi connectivity index (χ0n) is 9.53. The predicted molar refractivity (Wildman–Crippen MR) is 43.8 cm³/mol. The average molecular weight is 169 g/mol. The number of carbonyl (C=O) groups is 1. The fraction of sp³-hybridized carbons (Fsp3) is 0.222. The van der Waals surface area contributed by atoms with Crippen molar-refractivity contribution in [3.8, 4) is 5.75 Å². The fourth-order valence-corrected chi connectivity index (χ4v) is 0.707. The summed E-state index contributed by atoms with van der Waals surface area (Å²) in [4.78, 5) is 11.1. The van der Waals surface area contributed by atoms with Crippen LogP contribution in [0.4, 0.5) is 0 Å². The Morgan fingerprint density at radius 3 is 2.83 bits per heavy atom. The molecule has 12 heavy (non-hydrogen) atoms. The van der Waals surface area contributed by atoms with E-state index in [1.54, 1.807) is 0 Å². The highest BCUT2D eigenvalue weighted by atomic mass is 16.5. The van der Waals surface area contributed by atoms with E-state index in [0.29, 0.717) is 0 Å². The first-order chi connectivity index (χ1) is 7.02. The predicted octanol–water partition coefficient (Wildman–Crippen LogP) is 1.11. The molecule has 0 aliphatic heterocycles. The van der Waals surface area contributed by atoms with Crippen molar-refractivity contribution in [3.05, 3.63) is 29.8 Å². The Hall–Kier alpha value is -1.51. The smallest absolute Gasteiger partial charge is 0.309 e. The van der Waals surface area contributed by atoms with E-state index in [4.69, 9.17) is 4.17 Å². The third-order valence-corrected chi connectivity index (χ3v) is 1.29. The number of carbonyl (C=O) groups excluding carboxylic acids is 1. The molecule has 1 N–H and O–H groups in total. The number of hydrogen-bond acceptors (Lipinski definition) is 3. The molecule has 0 saturated heterocycles. The minimum atomic E-state index is -2.19. The molecule has 0 atom stereocenters. The second kappa shape index (κ2) is 3.76. The van der Waals surface area contributed by atoms with Crippen LogP contribution in [0.3, 0.4) is 0 Å². The van der Waals surface area contributed by atoms with Crippen LogP contribution in [0.1, 0.15) is 8.30 Å². The molecule has 3 heteroatoms. The Balaban J connectivity index is 3.00. The minimum absolute atomic E-state index is 0.162. The molecule has 0 spiro atoms. The highest BCUT2D eigenvalue weighted by molar-refractivity contribution is 5.72. The van der Waals surface area contributed by atoms with Crippen LogP contribution < -0.4 is 0 Å². The molecule has 64 valence electrons. The van der Waals surface area contributed by atoms with Gasteiger partial charge >= 0.3 is 5.97 Å². The van der Waals surface area contributed by atoms with Gasteiger partial charge in [0, 0.05) is 2.74 Å². The second-order valence-corrected chi connectivity index (χ2v) is 2.14. The van der Waals surface area contributed by atoms with Gasteiger partial charge in [-0.2, -0.15) is 0 Å². The van der Waals surface area contributed by atoms with Crippen LogP contribution in [0.5, 0.6) is 5.75 Å². The van der Waals surface area contributed by atoms with Crippen molar-refractivity contribution in [3.63, 3.8) is 0 Å². The van der Waals surface area contributed by atoms with Gasteiger partial charge in [-0.15, -0.1) is 0 Å². The first-order valence-electron chi connectivity index (χ1n) is 4.75. The Morgan fingerprint density at radius 1 is 1.67 bits per heavy atom. The quantitative estimate of drug-likeness (QED) is 0.689. The zero-order chi connectivity index (χ0) is 11.5. The van der Waals surface area contributed by atoms with Crippen LogP contribution in [0.15, 0.2) is 24.3 Å². The molecule has 1 aromatic rings. The first-order valence-corrected chi connectivity index (χ1v) is 3.34. The van der Waals surface area contributed by atoms with Gasteiger partial charge in [0.2, 0.25) is 0 Å². The van der Waals surface area contributed by atoms with Crippen molar-refractivity contribution < 1.29 is 17.4 Å². The highest BCUT2D eigenvalue weighted by Crippen LogP contribution is 2.10. The van der Waals surface area contributed by atoms with Crippen LogP contribution >= 0.6 is 0 Å². The van der Waals surface area contributed by atoms with E-state index in [0.717, 1.165) is 7.11 Å². The van der Waals surface area contributed by atoms with Crippen LogP contribution in [0, 0.1) is 0 Å². The summed E-state index contributed by atoms with van der Waals surface area (Å²) >= 11 is 0. The van der Waals surface area contributed by atoms with Crippen molar-refractivity contribution in [2.75, 3.05) is 7.11 Å². The first kappa shape index (κ1) is 5.19. The Bertz CT molecular complexity index is 348. The Labute approximate surface area is 74.9 Å². The Kier molecular flexibility index (Phi) is 1.63. The summed E-state index contributed by atoms with van der Waals surface area (Å²) in [5.74, 6) is -0.679. The van der Waals surface area contributed by atoms with Crippen molar-refractivity contribution in [2.24, 2.45) is 0 Å². The van der Waals surface area contributed by atoms with Crippen molar-refractivity contribution >= 4 is 5.97 Å². The lowest BCUT2D eigenvalue weighted by atomic mass is 10.1. The third kappa shape index (κ3) is 2.27. The van der Waals surface area contributed by atoms with Crippen LogP contribution in [0.25, 0.3) is 0 Å². The molecule has 0 amide bonds. The maximum atomic E-state index is 11.1. The molecule has 1 aromatic carbocycles. The number of hydrogen-bond donors (Lipinski definition) is 1. The number of esters is 1. The summed E-state index contributed by atoms with van der Waals surface area (Å²) in [6.45, 7) is 0. The molecule has 0 radical (unpaired) electrons. The summed E-state index contributed by atoms with van der Waals surface area (Å²) in [7, 11) is 1.13. The lowest BCUT2D eigenvalue weighted by molar-refractivity contribution is -0.139. The normalized spacial score (nSPS) is 13.9. The van der Waals surface area contributed by atoms with Gasteiger partial charge in [-0.05, 0) is 17.7 Å². The number of ether oxygens (including phenoxy) is 1. The van der Waals surface area contributed by atoms with Gasteiger partial charge in [0.05, 0.1) is 13.5 Å². The third-order valence-electron chi connectivity index (χ3n) is 1.29. The number of methoxy groups -OCH3 is 1. The maximum absolute atomic E-state index is 11.1. The summed E-state index contributed by atoms with van der Waals surface area (Å²) in [5, 5.41) is 4.18. The van der Waals surface area contributed by atoms with E-state index in [-0.39, 0.29) is 11.3 Å². The van der Waals surface area contributed by atoms with Gasteiger partial charge in [0.15, 0.2) is 0 Å². The monoisotopic (exact) mass is 169 g/mol. The number of phenolic OH excluding ortho intramolecular Hbond substituents is 1. The minimum Gasteiger partial charge on any atom is -0.508 e. The largest absolute Gasteiger partial charge is 0.508 e. The van der Waals surface area contributed by atoms with E-state index in [1.165, 1.54) is 24.3 Å². The van der Waals surface area contributed by atoms with Gasteiger partial charge in [0.1, 0.15) is 5.75 Å². The van der Waals surface area contributed by atoms with Crippen LogP contribution in [-0.4, -0.2) is 19.6 Å². The number of aromatic hydroxyl groups is 1. The van der Waals surface area contributed by atoms with Crippen molar-refractivity contribution in [1.82, 2.24) is 0 Å². The molecule has 0 heterocycles.